The fourth-order valence-corrected chi connectivity index (χ4v) is 7.59. The number of sulfonamides is 1. The van der Waals surface area contributed by atoms with Crippen LogP contribution in [0.1, 0.15) is 84.0 Å². The Labute approximate surface area is 282 Å². The summed E-state index contributed by atoms with van der Waals surface area (Å²) in [4.78, 5) is 32.4. The van der Waals surface area contributed by atoms with Crippen molar-refractivity contribution in [3.63, 3.8) is 0 Å². The Kier molecular flexibility index (Phi) is 10.3. The molecule has 48 heavy (non-hydrogen) atoms. The van der Waals surface area contributed by atoms with Crippen molar-refractivity contribution in [1.29, 1.82) is 0 Å². The smallest absolute Gasteiger partial charge is 0.265 e. The number of fused-ring (bicyclic) bond motifs is 1. The van der Waals surface area contributed by atoms with Gasteiger partial charge >= 0.3 is 0 Å². The van der Waals surface area contributed by atoms with Crippen molar-refractivity contribution in [3.05, 3.63) is 120 Å². The zero-order valence-electron chi connectivity index (χ0n) is 27.3. The van der Waals surface area contributed by atoms with Gasteiger partial charge in [-0.3, -0.25) is 9.59 Å². The summed E-state index contributed by atoms with van der Waals surface area (Å²) >= 11 is 0. The van der Waals surface area contributed by atoms with Gasteiger partial charge in [0, 0.05) is 18.5 Å². The average molecular weight is 663 g/mol. The summed E-state index contributed by atoms with van der Waals surface area (Å²) in [6, 6.07) is 28.5. The molecule has 8 nitrogen and oxygen atoms in total. The first-order valence-electron chi connectivity index (χ1n) is 16.9. The maximum atomic E-state index is 14.1. The number of unbranched alkanes of at least 4 members (excludes halogenated alkanes) is 1. The first kappa shape index (κ1) is 33.2. The number of carbonyl (C=O) groups is 2. The van der Waals surface area contributed by atoms with E-state index in [9.17, 15) is 18.0 Å². The van der Waals surface area contributed by atoms with Crippen LogP contribution in [0.15, 0.2) is 102 Å². The normalized spacial score (nSPS) is 13.8. The fraction of sp³-hybridized carbons (Fsp3) is 0.308. The molecule has 1 fully saturated rings. The molecular formula is C39H42N4O4S. The molecule has 248 valence electrons. The lowest BCUT2D eigenvalue weighted by Gasteiger charge is -2.21. The Hall–Kier alpha value is -4.76. The standard InChI is InChI=1S/C39H42N4O4S/c1-2-3-22-36-41-34-24-23-30(38(44)40-26-28-14-7-4-8-15-28)25-35(34)43(36)27-31-18-13-21-33(29-16-9-5-10-17-29)37(31)39(45)42-48(46,47)32-19-11-6-12-20-32/h5-6,9-13,16-21,23-25,28H,2-4,7-8,14-15,22,26-27H2,1H3,(H,40,44)(H,42,45). The van der Waals surface area contributed by atoms with E-state index in [2.05, 4.69) is 21.5 Å². The maximum Gasteiger partial charge on any atom is 0.265 e. The van der Waals surface area contributed by atoms with Gasteiger partial charge in [0.15, 0.2) is 0 Å². The number of aryl methyl sites for hydroxylation is 1. The molecule has 1 aliphatic carbocycles. The van der Waals surface area contributed by atoms with Gasteiger partial charge in [0.1, 0.15) is 5.82 Å². The lowest BCUT2D eigenvalue weighted by atomic mass is 9.89. The van der Waals surface area contributed by atoms with E-state index in [0.29, 0.717) is 29.2 Å². The van der Waals surface area contributed by atoms with Crippen LogP contribution in [0.5, 0.6) is 0 Å². The molecule has 1 aromatic heterocycles. The number of nitrogens with zero attached hydrogens (tertiary/aromatic N) is 2. The molecule has 0 spiro atoms. The second-order valence-electron chi connectivity index (χ2n) is 12.6. The lowest BCUT2D eigenvalue weighted by Crippen LogP contribution is -2.32. The fourth-order valence-electron chi connectivity index (χ4n) is 6.61. The van der Waals surface area contributed by atoms with E-state index in [0.717, 1.165) is 54.5 Å². The summed E-state index contributed by atoms with van der Waals surface area (Å²) in [5.41, 5.74) is 4.44. The number of aromatic nitrogens is 2. The summed E-state index contributed by atoms with van der Waals surface area (Å²) in [5, 5.41) is 3.15. The number of amides is 2. The van der Waals surface area contributed by atoms with Gasteiger partial charge in [-0.2, -0.15) is 0 Å². The van der Waals surface area contributed by atoms with Crippen LogP contribution >= 0.6 is 0 Å². The molecular weight excluding hydrogens is 621 g/mol. The highest BCUT2D eigenvalue weighted by Gasteiger charge is 2.25. The molecule has 0 bridgehead atoms. The second kappa shape index (κ2) is 15.0. The van der Waals surface area contributed by atoms with Crippen LogP contribution in [-0.4, -0.2) is 36.3 Å². The average Bonchev–Trinajstić information content (AvgIpc) is 3.46. The minimum Gasteiger partial charge on any atom is -0.352 e. The molecule has 0 radical (unpaired) electrons. The van der Waals surface area contributed by atoms with Gasteiger partial charge in [0.05, 0.1) is 28.0 Å². The molecule has 1 saturated carbocycles. The minimum absolute atomic E-state index is 0.00819. The van der Waals surface area contributed by atoms with Crippen molar-refractivity contribution in [2.75, 3.05) is 6.54 Å². The first-order valence-corrected chi connectivity index (χ1v) is 18.4. The minimum atomic E-state index is -4.13. The van der Waals surface area contributed by atoms with E-state index >= 15 is 0 Å². The summed E-state index contributed by atoms with van der Waals surface area (Å²) in [7, 11) is -4.13. The quantitative estimate of drug-likeness (QED) is 0.144. The SMILES string of the molecule is CCCCc1nc2ccc(C(=O)NCC3CCCCC3)cc2n1Cc1cccc(-c2ccccc2)c1C(=O)NS(=O)(=O)c1ccccc1. The largest absolute Gasteiger partial charge is 0.352 e. The molecule has 0 atom stereocenters. The summed E-state index contributed by atoms with van der Waals surface area (Å²) in [6.45, 7) is 3.06. The van der Waals surface area contributed by atoms with Gasteiger partial charge in [-0.25, -0.2) is 18.1 Å². The topological polar surface area (TPSA) is 110 Å². The molecule has 1 aliphatic rings. The number of nitrogens with one attached hydrogen (secondary N) is 2. The molecule has 9 heteroatoms. The lowest BCUT2D eigenvalue weighted by molar-refractivity contribution is 0.0942. The Morgan fingerprint density at radius 1 is 0.854 bits per heavy atom. The summed E-state index contributed by atoms with van der Waals surface area (Å²) < 4.78 is 31.0. The number of rotatable bonds is 12. The van der Waals surface area contributed by atoms with Crippen molar-refractivity contribution in [1.82, 2.24) is 19.6 Å². The predicted molar refractivity (Wildman–Crippen MR) is 189 cm³/mol. The van der Waals surface area contributed by atoms with Gasteiger partial charge in [0.2, 0.25) is 0 Å². The van der Waals surface area contributed by atoms with Crippen LogP contribution in [-0.2, 0) is 23.0 Å². The second-order valence-corrected chi connectivity index (χ2v) is 14.3. The van der Waals surface area contributed by atoms with Crippen LogP contribution < -0.4 is 10.0 Å². The maximum absolute atomic E-state index is 14.1. The van der Waals surface area contributed by atoms with E-state index in [1.165, 1.54) is 31.4 Å². The summed E-state index contributed by atoms with van der Waals surface area (Å²) in [5.74, 6) is 0.544. The molecule has 0 unspecified atom stereocenters. The third kappa shape index (κ3) is 7.52. The number of imidazole rings is 1. The molecule has 2 N–H and O–H groups in total. The van der Waals surface area contributed by atoms with E-state index in [4.69, 9.17) is 4.98 Å². The van der Waals surface area contributed by atoms with Crippen molar-refractivity contribution in [3.8, 4) is 11.1 Å². The third-order valence-corrected chi connectivity index (χ3v) is 10.5. The molecule has 2 amide bonds. The van der Waals surface area contributed by atoms with E-state index in [1.807, 2.05) is 66.7 Å². The molecule has 0 aliphatic heterocycles. The highest BCUT2D eigenvalue weighted by Crippen LogP contribution is 2.30. The monoisotopic (exact) mass is 662 g/mol. The number of benzene rings is 4. The van der Waals surface area contributed by atoms with Crippen molar-refractivity contribution in [2.45, 2.75) is 69.7 Å². The zero-order chi connectivity index (χ0) is 33.5. The Morgan fingerprint density at radius 2 is 1.58 bits per heavy atom. The molecule has 6 rings (SSSR count). The van der Waals surface area contributed by atoms with Gasteiger partial charge < -0.3 is 9.88 Å². The van der Waals surface area contributed by atoms with Gasteiger partial charge in [-0.15, -0.1) is 0 Å². The molecule has 1 heterocycles. The van der Waals surface area contributed by atoms with Crippen molar-refractivity contribution in [2.24, 2.45) is 5.92 Å². The van der Waals surface area contributed by atoms with Crippen molar-refractivity contribution < 1.29 is 18.0 Å². The van der Waals surface area contributed by atoms with Gasteiger partial charge in [-0.1, -0.05) is 99.3 Å². The zero-order valence-corrected chi connectivity index (χ0v) is 28.1. The van der Waals surface area contributed by atoms with Crippen LogP contribution in [0.4, 0.5) is 0 Å². The number of hydrogen-bond acceptors (Lipinski definition) is 5. The molecule has 4 aromatic carbocycles. The highest BCUT2D eigenvalue weighted by atomic mass is 32.2. The third-order valence-electron chi connectivity index (χ3n) is 9.19. The molecule has 5 aromatic rings. The number of hydrogen-bond donors (Lipinski definition) is 2. The first-order chi connectivity index (χ1) is 23.3. The summed E-state index contributed by atoms with van der Waals surface area (Å²) in [6.07, 6.45) is 8.63. The van der Waals surface area contributed by atoms with Crippen molar-refractivity contribution >= 4 is 32.9 Å². The Bertz CT molecular complexity index is 2000. The van der Waals surface area contributed by atoms with E-state index < -0.39 is 15.9 Å². The van der Waals surface area contributed by atoms with Crippen LogP contribution in [0, 0.1) is 5.92 Å². The van der Waals surface area contributed by atoms with Crippen LogP contribution in [0.3, 0.4) is 0 Å². The molecule has 0 saturated heterocycles. The van der Waals surface area contributed by atoms with Gasteiger partial charge in [-0.05, 0) is 72.2 Å². The Balaban J connectivity index is 1.39. The highest BCUT2D eigenvalue weighted by molar-refractivity contribution is 7.90. The number of carbonyl (C=O) groups excluding carboxylic acids is 2. The van der Waals surface area contributed by atoms with E-state index in [-0.39, 0.29) is 22.9 Å². The van der Waals surface area contributed by atoms with Gasteiger partial charge in [0.25, 0.3) is 21.8 Å². The van der Waals surface area contributed by atoms with E-state index in [1.54, 1.807) is 18.2 Å². The van der Waals surface area contributed by atoms with Crippen LogP contribution in [0.25, 0.3) is 22.2 Å². The Morgan fingerprint density at radius 3 is 2.31 bits per heavy atom. The predicted octanol–water partition coefficient (Wildman–Crippen LogP) is 7.52. The van der Waals surface area contributed by atoms with Crippen LogP contribution in [0.2, 0.25) is 0 Å².